The lowest BCUT2D eigenvalue weighted by molar-refractivity contribution is 0.0433. The molecule has 1 saturated carbocycles. The summed E-state index contributed by atoms with van der Waals surface area (Å²) in [6.45, 7) is 10.3. The molecule has 0 aromatic heterocycles. The number of nitrogens with zero attached hydrogens (tertiary/aromatic N) is 2. The average molecular weight is 239 g/mol. The fourth-order valence-corrected chi connectivity index (χ4v) is 3.23. The van der Waals surface area contributed by atoms with Gasteiger partial charge in [-0.05, 0) is 57.8 Å². The average Bonchev–Trinajstić information content (AvgIpc) is 3.04. The second-order valence-electron chi connectivity index (χ2n) is 6.22. The molecule has 0 spiro atoms. The maximum Gasteiger partial charge on any atom is 0.0353 e. The third-order valence-corrected chi connectivity index (χ3v) is 5.21. The molecule has 0 amide bonds. The Hall–Kier alpha value is -0.120. The van der Waals surface area contributed by atoms with E-state index in [1.165, 1.54) is 45.4 Å². The molecule has 0 aromatic carbocycles. The summed E-state index contributed by atoms with van der Waals surface area (Å²) >= 11 is 0. The Morgan fingerprint density at radius 1 is 1.35 bits per heavy atom. The lowest BCUT2D eigenvalue weighted by Crippen LogP contribution is -2.58. The molecule has 0 radical (unpaired) electrons. The smallest absolute Gasteiger partial charge is 0.0353 e. The molecule has 1 aliphatic carbocycles. The Morgan fingerprint density at radius 2 is 1.94 bits per heavy atom. The topological polar surface area (TPSA) is 32.5 Å². The minimum Gasteiger partial charge on any atom is -0.329 e. The highest BCUT2D eigenvalue weighted by Gasteiger charge is 2.41. The van der Waals surface area contributed by atoms with Gasteiger partial charge in [0.1, 0.15) is 0 Å². The van der Waals surface area contributed by atoms with Crippen molar-refractivity contribution in [3.8, 4) is 0 Å². The predicted octanol–water partition coefficient (Wildman–Crippen LogP) is 1.39. The number of likely N-dealkylation sites (tertiary alicyclic amines) is 1. The molecule has 2 aliphatic rings. The van der Waals surface area contributed by atoms with E-state index >= 15 is 0 Å². The fourth-order valence-electron chi connectivity index (χ4n) is 3.23. The van der Waals surface area contributed by atoms with Crippen molar-refractivity contribution in [2.45, 2.75) is 38.6 Å². The maximum atomic E-state index is 6.10. The first-order valence-corrected chi connectivity index (χ1v) is 7.25. The van der Waals surface area contributed by atoms with Crippen LogP contribution in [0.3, 0.4) is 0 Å². The van der Waals surface area contributed by atoms with Crippen LogP contribution in [0.25, 0.3) is 0 Å². The minimum atomic E-state index is 0.286. The molecule has 1 heterocycles. The molecule has 3 nitrogen and oxygen atoms in total. The number of hydrogen-bond acceptors (Lipinski definition) is 3. The monoisotopic (exact) mass is 239 g/mol. The van der Waals surface area contributed by atoms with Crippen LogP contribution in [0.1, 0.15) is 33.1 Å². The molecule has 1 aliphatic heterocycles. The number of hydrogen-bond donors (Lipinski definition) is 1. The Balaban J connectivity index is 1.90. The van der Waals surface area contributed by atoms with Crippen molar-refractivity contribution in [3.05, 3.63) is 0 Å². The van der Waals surface area contributed by atoms with Crippen LogP contribution in [-0.4, -0.2) is 55.1 Å². The first-order chi connectivity index (χ1) is 8.11. The molecule has 1 saturated heterocycles. The van der Waals surface area contributed by atoms with Gasteiger partial charge in [-0.15, -0.1) is 0 Å². The molecule has 2 unspecified atom stereocenters. The van der Waals surface area contributed by atoms with E-state index in [0.29, 0.717) is 0 Å². The third-order valence-electron chi connectivity index (χ3n) is 5.21. The van der Waals surface area contributed by atoms with E-state index < -0.39 is 0 Å². The zero-order chi connectivity index (χ0) is 12.5. The van der Waals surface area contributed by atoms with E-state index in [0.717, 1.165) is 18.4 Å². The van der Waals surface area contributed by atoms with Crippen LogP contribution < -0.4 is 5.73 Å². The molecule has 3 heteroatoms. The normalized spacial score (nSPS) is 33.0. The highest BCUT2D eigenvalue weighted by atomic mass is 15.2. The summed E-state index contributed by atoms with van der Waals surface area (Å²) in [6, 6.07) is 0. The third kappa shape index (κ3) is 2.83. The molecule has 17 heavy (non-hydrogen) atoms. The van der Waals surface area contributed by atoms with Crippen molar-refractivity contribution in [1.29, 1.82) is 0 Å². The largest absolute Gasteiger partial charge is 0.329 e. The predicted molar refractivity (Wildman–Crippen MR) is 73.0 cm³/mol. The Labute approximate surface area is 106 Å². The summed E-state index contributed by atoms with van der Waals surface area (Å²) in [5, 5.41) is 0. The number of rotatable bonds is 5. The van der Waals surface area contributed by atoms with Crippen LogP contribution in [0.5, 0.6) is 0 Å². The summed E-state index contributed by atoms with van der Waals surface area (Å²) in [4.78, 5) is 5.12. The van der Waals surface area contributed by atoms with Crippen molar-refractivity contribution >= 4 is 0 Å². The van der Waals surface area contributed by atoms with E-state index in [1.54, 1.807) is 0 Å². The Kier molecular flexibility index (Phi) is 4.11. The summed E-state index contributed by atoms with van der Waals surface area (Å²) in [6.07, 6.45) is 3.91. The van der Waals surface area contributed by atoms with E-state index in [4.69, 9.17) is 5.73 Å². The Morgan fingerprint density at radius 3 is 2.35 bits per heavy atom. The van der Waals surface area contributed by atoms with Gasteiger partial charge < -0.3 is 10.6 Å². The number of likely N-dealkylation sites (N-methyl/N-ethyl adjacent to an activating group) is 1. The fraction of sp³-hybridized carbons (Fsp3) is 1.00. The second kappa shape index (κ2) is 5.25. The quantitative estimate of drug-likeness (QED) is 0.787. The Bertz CT molecular complexity index is 246. The van der Waals surface area contributed by atoms with Crippen LogP contribution in [0.2, 0.25) is 0 Å². The molecule has 100 valence electrons. The first-order valence-electron chi connectivity index (χ1n) is 7.25. The molecule has 2 N–H and O–H groups in total. The highest BCUT2D eigenvalue weighted by molar-refractivity contribution is 4.97. The van der Waals surface area contributed by atoms with Gasteiger partial charge in [-0.2, -0.15) is 0 Å². The van der Waals surface area contributed by atoms with E-state index in [9.17, 15) is 0 Å². The van der Waals surface area contributed by atoms with Gasteiger partial charge >= 0.3 is 0 Å². The molecule has 2 rings (SSSR count). The van der Waals surface area contributed by atoms with Gasteiger partial charge in [0.25, 0.3) is 0 Å². The summed E-state index contributed by atoms with van der Waals surface area (Å²) in [7, 11) is 2.29. The van der Waals surface area contributed by atoms with Gasteiger partial charge in [-0.1, -0.05) is 13.8 Å². The zero-order valence-corrected chi connectivity index (χ0v) is 11.8. The zero-order valence-electron chi connectivity index (χ0n) is 11.8. The second-order valence-corrected chi connectivity index (χ2v) is 6.22. The minimum absolute atomic E-state index is 0.286. The number of nitrogens with two attached hydrogens (primary N) is 1. The van der Waals surface area contributed by atoms with E-state index in [-0.39, 0.29) is 5.54 Å². The van der Waals surface area contributed by atoms with Crippen molar-refractivity contribution in [2.24, 2.45) is 17.6 Å². The van der Waals surface area contributed by atoms with Gasteiger partial charge in [0, 0.05) is 18.6 Å². The van der Waals surface area contributed by atoms with Crippen molar-refractivity contribution in [3.63, 3.8) is 0 Å². The SMILES string of the molecule is CCN1CCC(CN)(N(C)CC2CC2C)CC1. The first kappa shape index (κ1) is 13.3. The maximum absolute atomic E-state index is 6.10. The lowest BCUT2D eigenvalue weighted by Gasteiger charge is -2.47. The van der Waals surface area contributed by atoms with Gasteiger partial charge in [-0.25, -0.2) is 0 Å². The molecule has 0 bridgehead atoms. The summed E-state index contributed by atoms with van der Waals surface area (Å²) in [5.74, 6) is 1.88. The van der Waals surface area contributed by atoms with Crippen LogP contribution in [-0.2, 0) is 0 Å². The molecule has 0 aromatic rings. The highest BCUT2D eigenvalue weighted by Crippen LogP contribution is 2.40. The van der Waals surface area contributed by atoms with E-state index in [2.05, 4.69) is 30.7 Å². The molecule has 2 fully saturated rings. The van der Waals surface area contributed by atoms with Crippen molar-refractivity contribution in [1.82, 2.24) is 9.80 Å². The lowest BCUT2D eigenvalue weighted by atomic mass is 9.85. The summed E-state index contributed by atoms with van der Waals surface area (Å²) < 4.78 is 0. The van der Waals surface area contributed by atoms with Gasteiger partial charge in [0.15, 0.2) is 0 Å². The standard InChI is InChI=1S/C14H29N3/c1-4-17-7-5-14(11-15,6-8-17)16(3)10-13-9-12(13)2/h12-13H,4-11,15H2,1-3H3. The summed E-state index contributed by atoms with van der Waals surface area (Å²) in [5.41, 5.74) is 6.38. The van der Waals surface area contributed by atoms with Crippen molar-refractivity contribution in [2.75, 3.05) is 39.8 Å². The van der Waals surface area contributed by atoms with Gasteiger partial charge in [0.05, 0.1) is 0 Å². The van der Waals surface area contributed by atoms with E-state index in [1.807, 2.05) is 0 Å². The van der Waals surface area contributed by atoms with Gasteiger partial charge in [-0.3, -0.25) is 4.90 Å². The van der Waals surface area contributed by atoms with Gasteiger partial charge in [0.2, 0.25) is 0 Å². The molecular formula is C14H29N3. The molecular weight excluding hydrogens is 210 g/mol. The number of piperidine rings is 1. The van der Waals surface area contributed by atoms with Crippen LogP contribution in [0, 0.1) is 11.8 Å². The van der Waals surface area contributed by atoms with Crippen LogP contribution >= 0.6 is 0 Å². The van der Waals surface area contributed by atoms with Crippen LogP contribution in [0.15, 0.2) is 0 Å². The van der Waals surface area contributed by atoms with Crippen LogP contribution in [0.4, 0.5) is 0 Å². The molecule has 2 atom stereocenters. The van der Waals surface area contributed by atoms with Crippen molar-refractivity contribution < 1.29 is 0 Å².